The summed E-state index contributed by atoms with van der Waals surface area (Å²) in [5, 5.41) is 3.47. The maximum absolute atomic E-state index is 6.52. The smallest absolute Gasteiger partial charge is 0.222 e. The molecule has 3 heterocycles. The highest BCUT2D eigenvalue weighted by molar-refractivity contribution is 5.85. The molecular formula is C26H32N6O3. The normalized spacial score (nSPS) is 20.8. The van der Waals surface area contributed by atoms with E-state index in [0.717, 1.165) is 80.0 Å². The fourth-order valence-electron chi connectivity index (χ4n) is 4.53. The Morgan fingerprint density at radius 2 is 1.80 bits per heavy atom. The molecule has 2 aromatic heterocycles. The first-order valence-corrected chi connectivity index (χ1v) is 12.4. The van der Waals surface area contributed by atoms with Gasteiger partial charge in [0.15, 0.2) is 0 Å². The van der Waals surface area contributed by atoms with Gasteiger partial charge < -0.3 is 24.4 Å². The molecule has 0 atom stereocenters. The number of morpholine rings is 1. The van der Waals surface area contributed by atoms with E-state index in [1.807, 2.05) is 13.0 Å². The van der Waals surface area contributed by atoms with Crippen LogP contribution in [0.15, 0.2) is 43.2 Å². The predicted molar refractivity (Wildman–Crippen MR) is 136 cm³/mol. The summed E-state index contributed by atoms with van der Waals surface area (Å²) < 4.78 is 17.3. The van der Waals surface area contributed by atoms with Gasteiger partial charge in [0, 0.05) is 61.2 Å². The summed E-state index contributed by atoms with van der Waals surface area (Å²) >= 11 is 0. The minimum atomic E-state index is 0.144. The topological polar surface area (TPSA) is 94.5 Å². The van der Waals surface area contributed by atoms with Crippen molar-refractivity contribution >= 4 is 28.7 Å². The zero-order valence-corrected chi connectivity index (χ0v) is 20.1. The number of benzene rings is 1. The van der Waals surface area contributed by atoms with Crippen molar-refractivity contribution in [2.75, 3.05) is 43.1 Å². The number of aromatic nitrogens is 4. The summed E-state index contributed by atoms with van der Waals surface area (Å²) in [6, 6.07) is 4.54. The Kier molecular flexibility index (Phi) is 7.53. The number of rotatable bonds is 8. The highest BCUT2D eigenvalue weighted by atomic mass is 16.5. The van der Waals surface area contributed by atoms with Crippen LogP contribution in [0.5, 0.6) is 5.75 Å². The Bertz CT molecular complexity index is 1130. The highest BCUT2D eigenvalue weighted by Crippen LogP contribution is 2.33. The predicted octanol–water partition coefficient (Wildman–Crippen LogP) is 4.07. The van der Waals surface area contributed by atoms with Gasteiger partial charge in [-0.3, -0.25) is 4.98 Å². The van der Waals surface area contributed by atoms with E-state index in [9.17, 15) is 0 Å². The lowest BCUT2D eigenvalue weighted by atomic mass is 9.93. The molecule has 1 aliphatic carbocycles. The van der Waals surface area contributed by atoms with Crippen LogP contribution in [0.2, 0.25) is 0 Å². The Morgan fingerprint density at radius 1 is 1.03 bits per heavy atom. The zero-order chi connectivity index (χ0) is 23.9. The number of nitrogens with zero attached hydrogens (tertiary/aromatic N) is 5. The van der Waals surface area contributed by atoms with Gasteiger partial charge in [0.2, 0.25) is 5.95 Å². The summed E-state index contributed by atoms with van der Waals surface area (Å²) in [7, 11) is 0. The van der Waals surface area contributed by atoms with E-state index in [-0.39, 0.29) is 6.10 Å². The standard InChI is InChI=1S/C26H32N6O3/c1-2-33-12-7-19-17-29-26(30-18-19)31-20-3-5-22(6-4-20)35-24-16-21(32-10-13-34-14-11-32)15-23-25(24)28-9-8-27-23/h7-9,12,15-18,20,22H,2-6,10-11,13-14H2,1H3,(H,29,30,31). The molecule has 184 valence electrons. The van der Waals surface area contributed by atoms with Gasteiger partial charge in [-0.05, 0) is 44.7 Å². The lowest BCUT2D eigenvalue weighted by Crippen LogP contribution is -2.36. The van der Waals surface area contributed by atoms with Gasteiger partial charge in [-0.1, -0.05) is 0 Å². The van der Waals surface area contributed by atoms with Gasteiger partial charge in [0.1, 0.15) is 11.3 Å². The molecule has 0 bridgehead atoms. The number of hydrogen-bond acceptors (Lipinski definition) is 9. The van der Waals surface area contributed by atoms with Crippen molar-refractivity contribution in [3.8, 4) is 5.75 Å². The minimum Gasteiger partial charge on any atom is -0.501 e. The first kappa shape index (κ1) is 23.3. The lowest BCUT2D eigenvalue weighted by Gasteiger charge is -2.31. The van der Waals surface area contributed by atoms with E-state index in [4.69, 9.17) is 14.2 Å². The molecule has 1 N–H and O–H groups in total. The average molecular weight is 477 g/mol. The molecule has 0 radical (unpaired) electrons. The molecule has 2 aliphatic rings. The third-order valence-corrected chi connectivity index (χ3v) is 6.40. The van der Waals surface area contributed by atoms with Crippen molar-refractivity contribution in [2.24, 2.45) is 0 Å². The molecular weight excluding hydrogens is 444 g/mol. The molecule has 2 fully saturated rings. The quantitative estimate of drug-likeness (QED) is 0.483. The average Bonchev–Trinajstić information content (AvgIpc) is 2.91. The maximum atomic E-state index is 6.52. The Morgan fingerprint density at radius 3 is 2.57 bits per heavy atom. The second-order valence-corrected chi connectivity index (χ2v) is 8.80. The molecule has 1 aliphatic heterocycles. The van der Waals surface area contributed by atoms with Gasteiger partial charge in [0.25, 0.3) is 0 Å². The third kappa shape index (κ3) is 5.97. The van der Waals surface area contributed by atoms with E-state index >= 15 is 0 Å². The second kappa shape index (κ2) is 11.3. The molecule has 9 nitrogen and oxygen atoms in total. The summed E-state index contributed by atoms with van der Waals surface area (Å²) in [4.78, 5) is 20.3. The van der Waals surface area contributed by atoms with Crippen molar-refractivity contribution in [1.29, 1.82) is 0 Å². The lowest BCUT2D eigenvalue weighted by molar-refractivity contribution is 0.122. The van der Waals surface area contributed by atoms with Crippen molar-refractivity contribution < 1.29 is 14.2 Å². The molecule has 3 aromatic rings. The van der Waals surface area contributed by atoms with Crippen LogP contribution in [0.1, 0.15) is 38.2 Å². The minimum absolute atomic E-state index is 0.144. The summed E-state index contributed by atoms with van der Waals surface area (Å²) in [5.74, 6) is 1.47. The Hall–Kier alpha value is -3.46. The molecule has 1 saturated carbocycles. The first-order chi connectivity index (χ1) is 17.3. The molecule has 1 aromatic carbocycles. The fourth-order valence-corrected chi connectivity index (χ4v) is 4.53. The monoisotopic (exact) mass is 476 g/mol. The molecule has 0 spiro atoms. The van der Waals surface area contributed by atoms with Gasteiger partial charge in [-0.15, -0.1) is 0 Å². The molecule has 0 unspecified atom stereocenters. The van der Waals surface area contributed by atoms with Gasteiger partial charge in [-0.25, -0.2) is 15.0 Å². The first-order valence-electron chi connectivity index (χ1n) is 12.4. The summed E-state index contributed by atoms with van der Waals surface area (Å²) in [6.45, 7) is 5.81. The van der Waals surface area contributed by atoms with Crippen LogP contribution >= 0.6 is 0 Å². The molecule has 5 rings (SSSR count). The number of anilines is 2. The van der Waals surface area contributed by atoms with Crippen molar-refractivity contribution in [2.45, 2.75) is 44.8 Å². The van der Waals surface area contributed by atoms with E-state index in [2.05, 4.69) is 42.3 Å². The van der Waals surface area contributed by atoms with Gasteiger partial charge >= 0.3 is 0 Å². The van der Waals surface area contributed by atoms with Crippen LogP contribution in [-0.2, 0) is 9.47 Å². The van der Waals surface area contributed by atoms with E-state index in [1.54, 1.807) is 31.0 Å². The zero-order valence-electron chi connectivity index (χ0n) is 20.1. The van der Waals surface area contributed by atoms with Crippen LogP contribution in [0.4, 0.5) is 11.6 Å². The largest absolute Gasteiger partial charge is 0.501 e. The van der Waals surface area contributed by atoms with Gasteiger partial charge in [-0.2, -0.15) is 0 Å². The van der Waals surface area contributed by atoms with Crippen LogP contribution < -0.4 is 15.0 Å². The maximum Gasteiger partial charge on any atom is 0.222 e. The fraction of sp³-hybridized carbons (Fsp3) is 0.462. The number of hydrogen-bond donors (Lipinski definition) is 1. The molecule has 1 saturated heterocycles. The van der Waals surface area contributed by atoms with Crippen LogP contribution in [0.25, 0.3) is 17.1 Å². The molecule has 35 heavy (non-hydrogen) atoms. The summed E-state index contributed by atoms with van der Waals surface area (Å²) in [6.07, 6.45) is 14.6. The van der Waals surface area contributed by atoms with Crippen molar-refractivity contribution in [1.82, 2.24) is 19.9 Å². The SMILES string of the molecule is CCOC=Cc1cnc(NC2CCC(Oc3cc(N4CCOCC4)cc4nccnc34)CC2)nc1. The molecule has 9 heteroatoms. The van der Waals surface area contributed by atoms with Crippen LogP contribution in [0, 0.1) is 0 Å². The summed E-state index contributed by atoms with van der Waals surface area (Å²) in [5.41, 5.74) is 3.70. The van der Waals surface area contributed by atoms with Crippen LogP contribution in [0.3, 0.4) is 0 Å². The van der Waals surface area contributed by atoms with E-state index in [0.29, 0.717) is 18.6 Å². The van der Waals surface area contributed by atoms with E-state index < -0.39 is 0 Å². The van der Waals surface area contributed by atoms with Crippen molar-refractivity contribution in [3.63, 3.8) is 0 Å². The molecule has 0 amide bonds. The number of nitrogens with one attached hydrogen (secondary N) is 1. The number of fused-ring (bicyclic) bond motifs is 1. The Balaban J connectivity index is 1.20. The van der Waals surface area contributed by atoms with Crippen LogP contribution in [-0.4, -0.2) is 65.0 Å². The van der Waals surface area contributed by atoms with Gasteiger partial charge in [0.05, 0.1) is 37.7 Å². The third-order valence-electron chi connectivity index (χ3n) is 6.40. The highest BCUT2D eigenvalue weighted by Gasteiger charge is 2.24. The van der Waals surface area contributed by atoms with E-state index in [1.165, 1.54) is 0 Å². The van der Waals surface area contributed by atoms with Crippen molar-refractivity contribution in [3.05, 3.63) is 48.7 Å². The number of ether oxygens (including phenoxy) is 3. The second-order valence-electron chi connectivity index (χ2n) is 8.80. The Labute approximate surface area is 205 Å².